The summed E-state index contributed by atoms with van der Waals surface area (Å²) in [7, 11) is 0. The number of halogens is 2. The highest BCUT2D eigenvalue weighted by Gasteiger charge is 2.02. The first-order valence-corrected chi connectivity index (χ1v) is 6.50. The summed E-state index contributed by atoms with van der Waals surface area (Å²) < 4.78 is 13.9. The van der Waals surface area contributed by atoms with Crippen molar-refractivity contribution < 1.29 is 4.39 Å². The molecule has 0 saturated heterocycles. The molecule has 2 aromatic rings. The Morgan fingerprint density at radius 3 is 2.81 bits per heavy atom. The molecule has 0 aliphatic carbocycles. The van der Waals surface area contributed by atoms with E-state index in [0.29, 0.717) is 0 Å². The van der Waals surface area contributed by atoms with Crippen molar-refractivity contribution in [1.82, 2.24) is 0 Å². The van der Waals surface area contributed by atoms with Gasteiger partial charge in [0.15, 0.2) is 0 Å². The lowest BCUT2D eigenvalue weighted by atomic mass is 10.3. The maximum absolute atomic E-state index is 13.0. The summed E-state index contributed by atoms with van der Waals surface area (Å²) >= 11 is 5.13. The number of nitrogens with one attached hydrogen (secondary N) is 1. The topological polar surface area (TPSA) is 12.0 Å². The minimum atomic E-state index is -0.229. The van der Waals surface area contributed by atoms with Gasteiger partial charge in [-0.3, -0.25) is 0 Å². The van der Waals surface area contributed by atoms with Crippen LogP contribution in [0.25, 0.3) is 0 Å². The molecule has 84 valence electrons. The molecule has 0 saturated carbocycles. The zero-order valence-corrected chi connectivity index (χ0v) is 11.2. The number of anilines is 1. The van der Waals surface area contributed by atoms with Crippen LogP contribution in [0.1, 0.15) is 9.75 Å². The predicted molar refractivity (Wildman–Crippen MR) is 70.5 cm³/mol. The largest absolute Gasteiger partial charge is 0.379 e. The van der Waals surface area contributed by atoms with Gasteiger partial charge in [0.2, 0.25) is 0 Å². The van der Waals surface area contributed by atoms with E-state index in [1.54, 1.807) is 17.4 Å². The molecule has 0 aliphatic heterocycles. The van der Waals surface area contributed by atoms with Gasteiger partial charge in [-0.05, 0) is 53.2 Å². The molecule has 0 spiro atoms. The van der Waals surface area contributed by atoms with E-state index in [1.807, 2.05) is 0 Å². The number of thiophene rings is 1. The molecular formula is C12H11BrFNS. The quantitative estimate of drug-likeness (QED) is 0.875. The molecule has 1 N–H and O–H groups in total. The van der Waals surface area contributed by atoms with Crippen LogP contribution in [-0.4, -0.2) is 0 Å². The molecule has 0 bridgehead atoms. The van der Waals surface area contributed by atoms with Crippen LogP contribution in [0.3, 0.4) is 0 Å². The molecule has 1 heterocycles. The first kappa shape index (κ1) is 11.6. The van der Waals surface area contributed by atoms with Gasteiger partial charge in [-0.25, -0.2) is 4.39 Å². The highest BCUT2D eigenvalue weighted by molar-refractivity contribution is 9.10. The second-order valence-corrected chi connectivity index (χ2v) is 5.72. The number of hydrogen-bond acceptors (Lipinski definition) is 2. The van der Waals surface area contributed by atoms with E-state index < -0.39 is 0 Å². The third-order valence-electron chi connectivity index (χ3n) is 2.18. The van der Waals surface area contributed by atoms with Gasteiger partial charge >= 0.3 is 0 Å². The lowest BCUT2D eigenvalue weighted by Crippen LogP contribution is -1.98. The maximum Gasteiger partial charge on any atom is 0.125 e. The Hall–Kier alpha value is -0.870. The number of rotatable bonds is 3. The van der Waals surface area contributed by atoms with Gasteiger partial charge in [0.05, 0.1) is 5.69 Å². The Labute approximate surface area is 106 Å². The fourth-order valence-corrected chi connectivity index (χ4v) is 2.61. The third kappa shape index (κ3) is 2.83. The molecule has 0 fully saturated rings. The predicted octanol–water partition coefficient (Wildman–Crippen LogP) is 4.57. The Kier molecular flexibility index (Phi) is 3.61. The van der Waals surface area contributed by atoms with E-state index >= 15 is 0 Å². The van der Waals surface area contributed by atoms with Crippen molar-refractivity contribution in [3.8, 4) is 0 Å². The van der Waals surface area contributed by atoms with Gasteiger partial charge in [0, 0.05) is 20.8 Å². The second kappa shape index (κ2) is 4.97. The highest BCUT2D eigenvalue weighted by atomic mass is 79.9. The van der Waals surface area contributed by atoms with Crippen LogP contribution in [0.5, 0.6) is 0 Å². The molecular weight excluding hydrogens is 289 g/mol. The summed E-state index contributed by atoms with van der Waals surface area (Å²) in [5.41, 5.74) is 0.783. The highest BCUT2D eigenvalue weighted by Crippen LogP contribution is 2.24. The van der Waals surface area contributed by atoms with Crippen LogP contribution in [0.2, 0.25) is 0 Å². The van der Waals surface area contributed by atoms with E-state index in [2.05, 4.69) is 40.3 Å². The number of aryl methyl sites for hydroxylation is 1. The summed E-state index contributed by atoms with van der Waals surface area (Å²) in [5, 5.41) is 3.21. The van der Waals surface area contributed by atoms with Crippen LogP contribution in [0, 0.1) is 12.7 Å². The second-order valence-electron chi connectivity index (χ2n) is 3.49. The Morgan fingerprint density at radius 1 is 1.31 bits per heavy atom. The molecule has 4 heteroatoms. The first-order chi connectivity index (χ1) is 7.65. The fourth-order valence-electron chi connectivity index (χ4n) is 1.40. The SMILES string of the molecule is Cc1ccc(CNc2cc(F)ccc2Br)s1. The van der Waals surface area contributed by atoms with Crippen molar-refractivity contribution in [3.63, 3.8) is 0 Å². The van der Waals surface area contributed by atoms with Crippen LogP contribution in [-0.2, 0) is 6.54 Å². The average molecular weight is 300 g/mol. The van der Waals surface area contributed by atoms with Gasteiger partial charge < -0.3 is 5.32 Å². The summed E-state index contributed by atoms with van der Waals surface area (Å²) in [6.45, 7) is 2.80. The Bertz CT molecular complexity index is 496. The van der Waals surface area contributed by atoms with Gasteiger partial charge in [-0.15, -0.1) is 11.3 Å². The molecule has 2 rings (SSSR count). The molecule has 16 heavy (non-hydrogen) atoms. The van der Waals surface area contributed by atoms with E-state index in [-0.39, 0.29) is 5.82 Å². The normalized spacial score (nSPS) is 10.4. The molecule has 0 atom stereocenters. The third-order valence-corrected chi connectivity index (χ3v) is 3.87. The zero-order chi connectivity index (χ0) is 11.5. The number of benzene rings is 1. The van der Waals surface area contributed by atoms with E-state index in [1.165, 1.54) is 21.9 Å². The van der Waals surface area contributed by atoms with Crippen molar-refractivity contribution in [3.05, 3.63) is 50.4 Å². The van der Waals surface area contributed by atoms with Gasteiger partial charge in [0.1, 0.15) is 5.82 Å². The monoisotopic (exact) mass is 299 g/mol. The van der Waals surface area contributed by atoms with Crippen LogP contribution >= 0.6 is 27.3 Å². The van der Waals surface area contributed by atoms with Crippen LogP contribution in [0.4, 0.5) is 10.1 Å². The minimum absolute atomic E-state index is 0.229. The smallest absolute Gasteiger partial charge is 0.125 e. The molecule has 1 aromatic heterocycles. The standard InChI is InChI=1S/C12H11BrFNS/c1-8-2-4-10(16-8)7-15-12-6-9(14)3-5-11(12)13/h2-6,15H,7H2,1H3. The van der Waals surface area contributed by atoms with Crippen molar-refractivity contribution in [1.29, 1.82) is 0 Å². The van der Waals surface area contributed by atoms with E-state index in [4.69, 9.17) is 0 Å². The van der Waals surface area contributed by atoms with Crippen molar-refractivity contribution in [2.75, 3.05) is 5.32 Å². The molecule has 0 radical (unpaired) electrons. The number of hydrogen-bond donors (Lipinski definition) is 1. The zero-order valence-electron chi connectivity index (χ0n) is 8.76. The van der Waals surface area contributed by atoms with Crippen molar-refractivity contribution in [2.45, 2.75) is 13.5 Å². The van der Waals surface area contributed by atoms with E-state index in [0.717, 1.165) is 16.7 Å². The van der Waals surface area contributed by atoms with Gasteiger partial charge in [-0.2, -0.15) is 0 Å². The Balaban J connectivity index is 2.07. The molecule has 0 amide bonds. The molecule has 1 nitrogen and oxygen atoms in total. The summed E-state index contributed by atoms with van der Waals surface area (Å²) in [5.74, 6) is -0.229. The first-order valence-electron chi connectivity index (χ1n) is 4.89. The Morgan fingerprint density at radius 2 is 2.12 bits per heavy atom. The average Bonchev–Trinajstić information content (AvgIpc) is 2.66. The molecule has 0 unspecified atom stereocenters. The van der Waals surface area contributed by atoms with Gasteiger partial charge in [-0.1, -0.05) is 0 Å². The fraction of sp³-hybridized carbons (Fsp3) is 0.167. The van der Waals surface area contributed by atoms with Gasteiger partial charge in [0.25, 0.3) is 0 Å². The lowest BCUT2D eigenvalue weighted by molar-refractivity contribution is 0.628. The molecule has 0 aliphatic rings. The van der Waals surface area contributed by atoms with E-state index in [9.17, 15) is 4.39 Å². The summed E-state index contributed by atoms with van der Waals surface area (Å²) in [6, 6.07) is 8.80. The van der Waals surface area contributed by atoms with Crippen LogP contribution in [0.15, 0.2) is 34.8 Å². The minimum Gasteiger partial charge on any atom is -0.379 e. The summed E-state index contributed by atoms with van der Waals surface area (Å²) in [6.07, 6.45) is 0. The van der Waals surface area contributed by atoms with Crippen LogP contribution < -0.4 is 5.32 Å². The molecule has 1 aromatic carbocycles. The maximum atomic E-state index is 13.0. The lowest BCUT2D eigenvalue weighted by Gasteiger charge is -2.07. The summed E-state index contributed by atoms with van der Waals surface area (Å²) in [4.78, 5) is 2.53. The van der Waals surface area contributed by atoms with Crippen molar-refractivity contribution in [2.24, 2.45) is 0 Å². The van der Waals surface area contributed by atoms with Crippen molar-refractivity contribution >= 4 is 33.0 Å².